The molecule has 0 aliphatic heterocycles. The predicted octanol–water partition coefficient (Wildman–Crippen LogP) is 4.36. The zero-order valence-electron chi connectivity index (χ0n) is 22.5. The molecule has 1 unspecified atom stereocenters. The van der Waals surface area contributed by atoms with Gasteiger partial charge in [0.05, 0.1) is 17.2 Å². The molecule has 0 aromatic heterocycles. The number of ether oxygens (including phenoxy) is 1. The third-order valence-electron chi connectivity index (χ3n) is 5.91. The van der Waals surface area contributed by atoms with Gasteiger partial charge in [0.25, 0.3) is 10.0 Å². The number of amides is 2. The van der Waals surface area contributed by atoms with Crippen molar-refractivity contribution in [3.05, 3.63) is 90.2 Å². The maximum absolute atomic E-state index is 13.8. The minimum atomic E-state index is -4.26. The number of rotatable bonds is 12. The van der Waals surface area contributed by atoms with Gasteiger partial charge in [-0.25, -0.2) is 12.8 Å². The summed E-state index contributed by atoms with van der Waals surface area (Å²) in [7, 11) is -4.26. The van der Waals surface area contributed by atoms with Crippen LogP contribution in [0.25, 0.3) is 0 Å². The second-order valence-corrected chi connectivity index (χ2v) is 11.1. The molecule has 0 bridgehead atoms. The van der Waals surface area contributed by atoms with Crippen molar-refractivity contribution in [2.45, 2.75) is 51.2 Å². The largest absolute Gasteiger partial charge is 0.494 e. The van der Waals surface area contributed by atoms with Crippen LogP contribution in [-0.4, -0.2) is 50.4 Å². The number of hydrogen-bond acceptors (Lipinski definition) is 5. The first-order valence-electron chi connectivity index (χ1n) is 12.7. The van der Waals surface area contributed by atoms with Gasteiger partial charge >= 0.3 is 0 Å². The molecule has 208 valence electrons. The average molecular weight is 556 g/mol. The molecule has 0 radical (unpaired) electrons. The van der Waals surface area contributed by atoms with Gasteiger partial charge in [0, 0.05) is 12.6 Å². The first-order chi connectivity index (χ1) is 18.5. The third kappa shape index (κ3) is 7.79. The fraction of sp³-hybridized carbons (Fsp3) is 0.310. The van der Waals surface area contributed by atoms with Gasteiger partial charge < -0.3 is 15.0 Å². The lowest BCUT2D eigenvalue weighted by atomic mass is 10.1. The van der Waals surface area contributed by atoms with E-state index in [0.717, 1.165) is 22.0 Å². The van der Waals surface area contributed by atoms with Crippen LogP contribution < -0.4 is 14.4 Å². The Labute approximate surface area is 229 Å². The van der Waals surface area contributed by atoms with Crippen LogP contribution in [-0.2, 0) is 26.2 Å². The monoisotopic (exact) mass is 555 g/mol. The Hall–Kier alpha value is -3.92. The van der Waals surface area contributed by atoms with E-state index in [1.54, 1.807) is 6.92 Å². The number of nitrogens with zero attached hydrogens (tertiary/aromatic N) is 2. The van der Waals surface area contributed by atoms with E-state index in [1.807, 2.05) is 51.1 Å². The molecule has 0 aliphatic carbocycles. The van der Waals surface area contributed by atoms with Crippen LogP contribution in [0, 0.1) is 5.82 Å². The van der Waals surface area contributed by atoms with Crippen LogP contribution in [0.15, 0.2) is 83.8 Å². The molecule has 39 heavy (non-hydrogen) atoms. The van der Waals surface area contributed by atoms with E-state index in [9.17, 15) is 22.4 Å². The first-order valence-corrected chi connectivity index (χ1v) is 14.1. The van der Waals surface area contributed by atoms with Crippen molar-refractivity contribution in [3.63, 3.8) is 0 Å². The molecule has 0 heterocycles. The molecule has 1 atom stereocenters. The molecule has 8 nitrogen and oxygen atoms in total. The number of halogens is 1. The summed E-state index contributed by atoms with van der Waals surface area (Å²) in [4.78, 5) is 28.0. The van der Waals surface area contributed by atoms with E-state index < -0.39 is 34.3 Å². The van der Waals surface area contributed by atoms with Crippen LogP contribution in [0.4, 0.5) is 10.1 Å². The Bertz CT molecular complexity index is 1350. The van der Waals surface area contributed by atoms with Gasteiger partial charge in [-0.3, -0.25) is 13.9 Å². The lowest BCUT2D eigenvalue weighted by Gasteiger charge is -2.32. The highest BCUT2D eigenvalue weighted by Crippen LogP contribution is 2.26. The molecule has 0 fully saturated rings. The fourth-order valence-electron chi connectivity index (χ4n) is 3.91. The van der Waals surface area contributed by atoms with E-state index in [2.05, 4.69) is 5.32 Å². The number of benzene rings is 3. The molecule has 2 amide bonds. The summed E-state index contributed by atoms with van der Waals surface area (Å²) in [6.07, 6.45) is 0. The van der Waals surface area contributed by atoms with Crippen molar-refractivity contribution in [3.8, 4) is 5.75 Å². The molecule has 3 rings (SSSR count). The molecule has 1 N–H and O–H groups in total. The Morgan fingerprint density at radius 3 is 2.10 bits per heavy atom. The summed E-state index contributed by atoms with van der Waals surface area (Å²) in [5.41, 5.74) is 0.885. The molecule has 0 aliphatic rings. The second kappa shape index (κ2) is 13.2. The van der Waals surface area contributed by atoms with Gasteiger partial charge in [-0.2, -0.15) is 0 Å². The number of nitrogens with one attached hydrogen (secondary N) is 1. The SMILES string of the molecule is CCOc1ccc(S(=O)(=O)N(CC(=O)N(Cc2ccccc2)C(C)C(=O)NC(C)C)c2ccc(F)cc2)cc1. The van der Waals surface area contributed by atoms with Crippen molar-refractivity contribution in [1.29, 1.82) is 0 Å². The number of sulfonamides is 1. The van der Waals surface area contributed by atoms with Gasteiger partial charge in [0.1, 0.15) is 24.2 Å². The van der Waals surface area contributed by atoms with Crippen LogP contribution >= 0.6 is 0 Å². The first kappa shape index (κ1) is 29.6. The van der Waals surface area contributed by atoms with E-state index in [4.69, 9.17) is 4.74 Å². The molecular weight excluding hydrogens is 521 g/mol. The lowest BCUT2D eigenvalue weighted by Crippen LogP contribution is -2.52. The minimum absolute atomic E-state index is 0.0664. The van der Waals surface area contributed by atoms with Gasteiger partial charge in [0.15, 0.2) is 0 Å². The van der Waals surface area contributed by atoms with Crippen molar-refractivity contribution >= 4 is 27.5 Å². The second-order valence-electron chi connectivity index (χ2n) is 9.24. The zero-order chi connectivity index (χ0) is 28.6. The number of anilines is 1. The van der Waals surface area contributed by atoms with Crippen molar-refractivity contribution in [2.75, 3.05) is 17.5 Å². The molecule has 10 heteroatoms. The number of carbonyl (C=O) groups is 2. The van der Waals surface area contributed by atoms with E-state index >= 15 is 0 Å². The number of hydrogen-bond donors (Lipinski definition) is 1. The molecule has 0 saturated heterocycles. The Morgan fingerprint density at radius 1 is 0.923 bits per heavy atom. The minimum Gasteiger partial charge on any atom is -0.494 e. The Morgan fingerprint density at radius 2 is 1.54 bits per heavy atom. The van der Waals surface area contributed by atoms with E-state index in [1.165, 1.54) is 41.3 Å². The average Bonchev–Trinajstić information content (AvgIpc) is 2.91. The Balaban J connectivity index is 2.00. The van der Waals surface area contributed by atoms with Crippen LogP contribution in [0.5, 0.6) is 5.75 Å². The van der Waals surface area contributed by atoms with Crippen molar-refractivity contribution in [2.24, 2.45) is 0 Å². The highest BCUT2D eigenvalue weighted by atomic mass is 32.2. The summed E-state index contributed by atoms with van der Waals surface area (Å²) < 4.78 is 47.6. The lowest BCUT2D eigenvalue weighted by molar-refractivity contribution is -0.139. The highest BCUT2D eigenvalue weighted by molar-refractivity contribution is 7.92. The van der Waals surface area contributed by atoms with Gasteiger partial charge in [-0.1, -0.05) is 30.3 Å². The summed E-state index contributed by atoms with van der Waals surface area (Å²) >= 11 is 0. The topological polar surface area (TPSA) is 96.0 Å². The van der Waals surface area contributed by atoms with Gasteiger partial charge in [0.2, 0.25) is 11.8 Å². The highest BCUT2D eigenvalue weighted by Gasteiger charge is 2.32. The summed E-state index contributed by atoms with van der Waals surface area (Å²) in [5.74, 6) is -1.01. The molecular formula is C29H34FN3O5S. The van der Waals surface area contributed by atoms with Crippen molar-refractivity contribution in [1.82, 2.24) is 10.2 Å². The zero-order valence-corrected chi connectivity index (χ0v) is 23.3. The Kier molecular flexibility index (Phi) is 10.1. The smallest absolute Gasteiger partial charge is 0.264 e. The maximum Gasteiger partial charge on any atom is 0.264 e. The summed E-state index contributed by atoms with van der Waals surface area (Å²) in [6, 6.07) is 18.8. The van der Waals surface area contributed by atoms with Crippen molar-refractivity contribution < 1.29 is 27.1 Å². The predicted molar refractivity (Wildman–Crippen MR) is 148 cm³/mol. The third-order valence-corrected chi connectivity index (χ3v) is 7.70. The van der Waals surface area contributed by atoms with Gasteiger partial charge in [-0.05, 0) is 81.8 Å². The number of carbonyl (C=O) groups excluding carboxylic acids is 2. The summed E-state index contributed by atoms with van der Waals surface area (Å²) in [6.45, 7) is 6.95. The van der Waals surface area contributed by atoms with Crippen LogP contribution in [0.1, 0.15) is 33.3 Å². The fourth-order valence-corrected chi connectivity index (χ4v) is 5.32. The quantitative estimate of drug-likeness (QED) is 0.358. The standard InChI is InChI=1S/C29H34FN3O5S/c1-5-38-26-15-17-27(18-16-26)39(36,37)33(25-13-11-24(30)12-14-25)20-28(34)32(19-23-9-7-6-8-10-23)22(4)29(35)31-21(2)3/h6-18,21-22H,5,19-20H2,1-4H3,(H,31,35). The summed E-state index contributed by atoms with van der Waals surface area (Å²) in [5, 5.41) is 2.81. The van der Waals surface area contributed by atoms with Gasteiger partial charge in [-0.15, -0.1) is 0 Å². The van der Waals surface area contributed by atoms with Crippen LogP contribution in [0.2, 0.25) is 0 Å². The van der Waals surface area contributed by atoms with E-state index in [-0.39, 0.29) is 29.1 Å². The molecule has 3 aromatic rings. The molecule has 3 aromatic carbocycles. The normalized spacial score (nSPS) is 12.1. The molecule has 0 saturated carbocycles. The molecule has 0 spiro atoms. The maximum atomic E-state index is 13.8. The van der Waals surface area contributed by atoms with Crippen LogP contribution in [0.3, 0.4) is 0 Å². The van der Waals surface area contributed by atoms with E-state index in [0.29, 0.717) is 12.4 Å².